The molecule has 0 spiro atoms. The standard InChI is InChI=1S/C19H20N4O2/c20-6-1-2-8-24-9-10-25-19-16-5-7-22-13-17(16)15-4-3-14(12-21)11-18(15)23-19/h3-5,7,11,13H,1-2,6,8-10,20H2. The minimum absolute atomic E-state index is 0.413. The predicted molar refractivity (Wildman–Crippen MR) is 96.4 cm³/mol. The van der Waals surface area contributed by atoms with Gasteiger partial charge in [-0.1, -0.05) is 6.07 Å². The summed E-state index contributed by atoms with van der Waals surface area (Å²) in [4.78, 5) is 8.79. The maximum Gasteiger partial charge on any atom is 0.222 e. The molecule has 0 saturated heterocycles. The fourth-order valence-electron chi connectivity index (χ4n) is 2.64. The van der Waals surface area contributed by atoms with Crippen LogP contribution in [-0.4, -0.2) is 36.3 Å². The van der Waals surface area contributed by atoms with Gasteiger partial charge in [-0.25, -0.2) is 4.98 Å². The van der Waals surface area contributed by atoms with Gasteiger partial charge in [0.15, 0.2) is 0 Å². The summed E-state index contributed by atoms with van der Waals surface area (Å²) in [5, 5.41) is 11.9. The molecule has 6 nitrogen and oxygen atoms in total. The lowest BCUT2D eigenvalue weighted by molar-refractivity contribution is 0.0969. The Kier molecular flexibility index (Phi) is 5.73. The number of fused-ring (bicyclic) bond motifs is 3. The summed E-state index contributed by atoms with van der Waals surface area (Å²) in [5.41, 5.74) is 6.74. The Morgan fingerprint density at radius 2 is 1.96 bits per heavy atom. The van der Waals surface area contributed by atoms with E-state index >= 15 is 0 Å². The molecule has 2 heterocycles. The highest BCUT2D eigenvalue weighted by Crippen LogP contribution is 2.30. The molecule has 0 atom stereocenters. The maximum absolute atomic E-state index is 9.10. The number of nitrogens with zero attached hydrogens (tertiary/aromatic N) is 3. The monoisotopic (exact) mass is 336 g/mol. The molecule has 0 saturated carbocycles. The molecule has 25 heavy (non-hydrogen) atoms. The highest BCUT2D eigenvalue weighted by Gasteiger charge is 2.10. The molecular weight excluding hydrogens is 316 g/mol. The number of hydrogen-bond donors (Lipinski definition) is 1. The smallest absolute Gasteiger partial charge is 0.222 e. The second-order valence-electron chi connectivity index (χ2n) is 5.64. The van der Waals surface area contributed by atoms with Crippen LogP contribution >= 0.6 is 0 Å². The Hall–Kier alpha value is -2.75. The van der Waals surface area contributed by atoms with Crippen molar-refractivity contribution in [1.29, 1.82) is 5.26 Å². The zero-order chi connectivity index (χ0) is 17.5. The highest BCUT2D eigenvalue weighted by atomic mass is 16.5. The largest absolute Gasteiger partial charge is 0.475 e. The van der Waals surface area contributed by atoms with E-state index in [1.54, 1.807) is 24.5 Å². The Balaban J connectivity index is 1.80. The van der Waals surface area contributed by atoms with Crippen LogP contribution in [-0.2, 0) is 4.74 Å². The van der Waals surface area contributed by atoms with E-state index in [2.05, 4.69) is 16.0 Å². The van der Waals surface area contributed by atoms with Gasteiger partial charge in [0, 0.05) is 35.2 Å². The molecule has 128 valence electrons. The molecule has 0 amide bonds. The second kappa shape index (κ2) is 8.38. The van der Waals surface area contributed by atoms with Crippen LogP contribution in [0, 0.1) is 11.3 Å². The number of pyridine rings is 2. The lowest BCUT2D eigenvalue weighted by atomic mass is 10.1. The van der Waals surface area contributed by atoms with E-state index in [1.165, 1.54) is 0 Å². The molecule has 0 fully saturated rings. The van der Waals surface area contributed by atoms with Crippen molar-refractivity contribution in [3.8, 4) is 11.9 Å². The van der Waals surface area contributed by atoms with Crippen LogP contribution in [0.5, 0.6) is 5.88 Å². The molecule has 0 radical (unpaired) electrons. The maximum atomic E-state index is 9.10. The molecule has 0 aliphatic heterocycles. The van der Waals surface area contributed by atoms with E-state index in [0.29, 0.717) is 37.8 Å². The molecule has 3 aromatic rings. The van der Waals surface area contributed by atoms with Crippen molar-refractivity contribution in [2.45, 2.75) is 12.8 Å². The molecule has 3 rings (SSSR count). The molecule has 6 heteroatoms. The van der Waals surface area contributed by atoms with E-state index in [1.807, 2.05) is 12.1 Å². The third-order valence-electron chi connectivity index (χ3n) is 3.90. The molecule has 0 aliphatic carbocycles. The minimum Gasteiger partial charge on any atom is -0.475 e. The Morgan fingerprint density at radius 1 is 1.04 bits per heavy atom. The number of benzene rings is 1. The van der Waals surface area contributed by atoms with E-state index in [9.17, 15) is 0 Å². The molecule has 0 aliphatic rings. The summed E-state index contributed by atoms with van der Waals surface area (Å²) in [6, 6.07) is 9.47. The van der Waals surface area contributed by atoms with Crippen molar-refractivity contribution in [2.24, 2.45) is 5.73 Å². The van der Waals surface area contributed by atoms with Gasteiger partial charge in [-0.05, 0) is 37.6 Å². The number of rotatable bonds is 8. The van der Waals surface area contributed by atoms with Gasteiger partial charge in [-0.2, -0.15) is 5.26 Å². The molecule has 2 aromatic heterocycles. The van der Waals surface area contributed by atoms with Crippen molar-refractivity contribution in [3.63, 3.8) is 0 Å². The van der Waals surface area contributed by atoms with Crippen molar-refractivity contribution >= 4 is 21.7 Å². The van der Waals surface area contributed by atoms with Gasteiger partial charge >= 0.3 is 0 Å². The first-order valence-electron chi connectivity index (χ1n) is 8.31. The first kappa shape index (κ1) is 17.1. The van der Waals surface area contributed by atoms with Gasteiger partial charge in [0.1, 0.15) is 6.61 Å². The first-order chi connectivity index (χ1) is 12.3. The Morgan fingerprint density at radius 3 is 2.80 bits per heavy atom. The topological polar surface area (TPSA) is 94.0 Å². The normalized spacial score (nSPS) is 10.9. The van der Waals surface area contributed by atoms with Crippen molar-refractivity contribution in [3.05, 3.63) is 42.2 Å². The molecule has 0 bridgehead atoms. The summed E-state index contributed by atoms with van der Waals surface area (Å²) in [7, 11) is 0. The average molecular weight is 336 g/mol. The number of ether oxygens (including phenoxy) is 2. The van der Waals surface area contributed by atoms with Gasteiger partial charge in [-0.15, -0.1) is 0 Å². The van der Waals surface area contributed by atoms with Gasteiger partial charge in [0.05, 0.1) is 23.8 Å². The van der Waals surface area contributed by atoms with Gasteiger partial charge in [0.25, 0.3) is 0 Å². The minimum atomic E-state index is 0.413. The van der Waals surface area contributed by atoms with Crippen LogP contribution < -0.4 is 10.5 Å². The Bertz CT molecular complexity index is 905. The second-order valence-corrected chi connectivity index (χ2v) is 5.64. The highest BCUT2D eigenvalue weighted by molar-refractivity contribution is 6.07. The first-order valence-corrected chi connectivity index (χ1v) is 8.31. The number of nitrogens with two attached hydrogens (primary N) is 1. The van der Waals surface area contributed by atoms with Crippen LogP contribution in [0.15, 0.2) is 36.7 Å². The van der Waals surface area contributed by atoms with Crippen LogP contribution in [0.25, 0.3) is 21.7 Å². The van der Waals surface area contributed by atoms with Gasteiger partial charge < -0.3 is 15.2 Å². The third-order valence-corrected chi connectivity index (χ3v) is 3.90. The van der Waals surface area contributed by atoms with Gasteiger partial charge in [-0.3, -0.25) is 4.98 Å². The zero-order valence-electron chi connectivity index (χ0n) is 13.9. The molecule has 0 unspecified atom stereocenters. The zero-order valence-corrected chi connectivity index (χ0v) is 13.9. The number of hydrogen-bond acceptors (Lipinski definition) is 6. The van der Waals surface area contributed by atoms with Gasteiger partial charge in [0.2, 0.25) is 5.88 Å². The Labute approximate surface area is 146 Å². The van der Waals surface area contributed by atoms with Crippen molar-refractivity contribution in [1.82, 2.24) is 9.97 Å². The average Bonchev–Trinajstić information content (AvgIpc) is 2.66. The van der Waals surface area contributed by atoms with Crippen molar-refractivity contribution < 1.29 is 9.47 Å². The van der Waals surface area contributed by atoms with E-state index in [4.69, 9.17) is 20.5 Å². The van der Waals surface area contributed by atoms with E-state index < -0.39 is 0 Å². The van der Waals surface area contributed by atoms with Crippen molar-refractivity contribution in [2.75, 3.05) is 26.4 Å². The lowest BCUT2D eigenvalue weighted by Crippen LogP contribution is -2.09. The quantitative estimate of drug-likeness (QED) is 0.502. The number of nitriles is 1. The molecule has 1 aromatic carbocycles. The summed E-state index contributed by atoms with van der Waals surface area (Å²) >= 11 is 0. The van der Waals surface area contributed by atoms with Crippen LogP contribution in [0.4, 0.5) is 0 Å². The van der Waals surface area contributed by atoms with E-state index in [0.717, 1.165) is 34.5 Å². The lowest BCUT2D eigenvalue weighted by Gasteiger charge is -2.11. The molecular formula is C19H20N4O2. The molecule has 2 N–H and O–H groups in total. The predicted octanol–water partition coefficient (Wildman–Crippen LogP) is 2.79. The van der Waals surface area contributed by atoms with E-state index in [-0.39, 0.29) is 0 Å². The van der Waals surface area contributed by atoms with Crippen LogP contribution in [0.3, 0.4) is 0 Å². The summed E-state index contributed by atoms with van der Waals surface area (Å²) in [6.07, 6.45) is 5.43. The summed E-state index contributed by atoms with van der Waals surface area (Å²) in [5.74, 6) is 0.533. The number of aromatic nitrogens is 2. The SMILES string of the molecule is N#Cc1ccc2c(c1)nc(OCCOCCCCN)c1ccncc12. The number of unbranched alkanes of at least 4 members (excludes halogenated alkanes) is 1. The van der Waals surface area contributed by atoms with Crippen LogP contribution in [0.2, 0.25) is 0 Å². The fourth-order valence-corrected chi connectivity index (χ4v) is 2.64. The summed E-state index contributed by atoms with van der Waals surface area (Å²) < 4.78 is 11.4. The summed E-state index contributed by atoms with van der Waals surface area (Å²) in [6.45, 7) is 2.28. The third kappa shape index (κ3) is 4.02. The fraction of sp³-hybridized carbons (Fsp3) is 0.316. The van der Waals surface area contributed by atoms with Crippen LogP contribution in [0.1, 0.15) is 18.4 Å².